The fraction of sp³-hybridized carbons (Fsp3) is 0.188. The van der Waals surface area contributed by atoms with Crippen molar-refractivity contribution >= 4 is 33.7 Å². The molecule has 3 nitrogen and oxygen atoms in total. The Kier molecular flexibility index (Phi) is 3.56. The van der Waals surface area contributed by atoms with E-state index in [2.05, 4.69) is 40.1 Å². The lowest BCUT2D eigenvalue weighted by molar-refractivity contribution is 0.788. The zero-order valence-electron chi connectivity index (χ0n) is 11.3. The van der Waals surface area contributed by atoms with Gasteiger partial charge >= 0.3 is 0 Å². The molecule has 3 rings (SSSR count). The summed E-state index contributed by atoms with van der Waals surface area (Å²) in [6.45, 7) is 2.17. The standard InChI is InChI=1S/C16H17N3S/c1-11(8-12-6-7-20-10-12)18-16-5-2-13-9-14(17)3-4-15(13)19-16/h2-7,9-11H,8,17H2,1H3,(H,18,19). The van der Waals surface area contributed by atoms with Crippen LogP contribution in [-0.4, -0.2) is 11.0 Å². The van der Waals surface area contributed by atoms with Crippen LogP contribution < -0.4 is 11.1 Å². The van der Waals surface area contributed by atoms with Crippen LogP contribution in [0.4, 0.5) is 11.5 Å². The van der Waals surface area contributed by atoms with Gasteiger partial charge in [0.25, 0.3) is 0 Å². The second-order valence-corrected chi connectivity index (χ2v) is 5.81. The normalized spacial score (nSPS) is 12.4. The molecule has 3 N–H and O–H groups in total. The van der Waals surface area contributed by atoms with Gasteiger partial charge < -0.3 is 11.1 Å². The summed E-state index contributed by atoms with van der Waals surface area (Å²) in [6, 6.07) is 12.4. The van der Waals surface area contributed by atoms with Gasteiger partial charge in [-0.3, -0.25) is 0 Å². The first-order chi connectivity index (χ1) is 9.70. The lowest BCUT2D eigenvalue weighted by atomic mass is 10.1. The number of fused-ring (bicyclic) bond motifs is 1. The molecule has 0 bridgehead atoms. The van der Waals surface area contributed by atoms with Gasteiger partial charge in [0.05, 0.1) is 5.52 Å². The van der Waals surface area contributed by atoms with E-state index in [9.17, 15) is 0 Å². The molecular weight excluding hydrogens is 266 g/mol. The minimum absolute atomic E-state index is 0.350. The lowest BCUT2D eigenvalue weighted by Crippen LogP contribution is -2.18. The highest BCUT2D eigenvalue weighted by Gasteiger charge is 2.05. The summed E-state index contributed by atoms with van der Waals surface area (Å²) in [5.74, 6) is 0.907. The zero-order valence-corrected chi connectivity index (χ0v) is 12.2. The molecule has 0 radical (unpaired) electrons. The highest BCUT2D eigenvalue weighted by atomic mass is 32.1. The predicted molar refractivity (Wildman–Crippen MR) is 87.3 cm³/mol. The molecular formula is C16H17N3S. The first-order valence-electron chi connectivity index (χ1n) is 6.64. The van der Waals surface area contributed by atoms with Crippen molar-refractivity contribution in [3.63, 3.8) is 0 Å². The van der Waals surface area contributed by atoms with Gasteiger partial charge in [0.2, 0.25) is 0 Å². The van der Waals surface area contributed by atoms with Crippen LogP contribution in [0.2, 0.25) is 0 Å². The largest absolute Gasteiger partial charge is 0.399 e. The summed E-state index contributed by atoms with van der Waals surface area (Å²) in [5, 5.41) is 8.82. The molecule has 0 saturated heterocycles. The molecule has 20 heavy (non-hydrogen) atoms. The van der Waals surface area contributed by atoms with Crippen LogP contribution in [0.15, 0.2) is 47.2 Å². The van der Waals surface area contributed by atoms with Crippen molar-refractivity contribution in [1.82, 2.24) is 4.98 Å². The van der Waals surface area contributed by atoms with E-state index in [0.717, 1.165) is 28.8 Å². The minimum atomic E-state index is 0.350. The Morgan fingerprint density at radius 2 is 2.15 bits per heavy atom. The van der Waals surface area contributed by atoms with Crippen molar-refractivity contribution in [3.05, 3.63) is 52.7 Å². The molecule has 0 fully saturated rings. The summed E-state index contributed by atoms with van der Waals surface area (Å²) in [5.41, 5.74) is 8.87. The van der Waals surface area contributed by atoms with E-state index in [4.69, 9.17) is 5.73 Å². The Morgan fingerprint density at radius 3 is 2.95 bits per heavy atom. The number of thiophene rings is 1. The second kappa shape index (κ2) is 5.51. The van der Waals surface area contributed by atoms with Crippen LogP contribution >= 0.6 is 11.3 Å². The first kappa shape index (κ1) is 12.9. The van der Waals surface area contributed by atoms with Gasteiger partial charge in [-0.2, -0.15) is 11.3 Å². The third-order valence-corrected chi connectivity index (χ3v) is 3.96. The van der Waals surface area contributed by atoms with Crippen molar-refractivity contribution in [3.8, 4) is 0 Å². The third-order valence-electron chi connectivity index (χ3n) is 3.23. The zero-order chi connectivity index (χ0) is 13.9. The fourth-order valence-corrected chi connectivity index (χ4v) is 2.97. The highest BCUT2D eigenvalue weighted by molar-refractivity contribution is 7.07. The Bertz CT molecular complexity index is 707. The summed E-state index contributed by atoms with van der Waals surface area (Å²) < 4.78 is 0. The Labute approximate surface area is 122 Å². The Hall–Kier alpha value is -2.07. The number of nitrogens with two attached hydrogens (primary N) is 1. The molecule has 0 spiro atoms. The number of nitrogens with zero attached hydrogens (tertiary/aromatic N) is 1. The SMILES string of the molecule is CC(Cc1ccsc1)Nc1ccc2cc(N)ccc2n1. The number of benzene rings is 1. The number of pyridine rings is 1. The van der Waals surface area contributed by atoms with Crippen LogP contribution in [0.3, 0.4) is 0 Å². The molecule has 0 amide bonds. The van der Waals surface area contributed by atoms with Crippen LogP contribution in [0.1, 0.15) is 12.5 Å². The molecule has 0 aliphatic carbocycles. The molecule has 1 atom stereocenters. The summed E-state index contributed by atoms with van der Waals surface area (Å²) in [7, 11) is 0. The second-order valence-electron chi connectivity index (χ2n) is 5.03. The van der Waals surface area contributed by atoms with Crippen molar-refractivity contribution in [2.45, 2.75) is 19.4 Å². The molecule has 2 aromatic heterocycles. The fourth-order valence-electron chi connectivity index (χ4n) is 2.29. The molecule has 102 valence electrons. The van der Waals surface area contributed by atoms with E-state index >= 15 is 0 Å². The number of nitrogens with one attached hydrogen (secondary N) is 1. The number of nitrogen functional groups attached to an aromatic ring is 1. The molecule has 4 heteroatoms. The summed E-state index contributed by atoms with van der Waals surface area (Å²) in [4.78, 5) is 4.62. The first-order valence-corrected chi connectivity index (χ1v) is 7.59. The van der Waals surface area contributed by atoms with Crippen LogP contribution in [0.25, 0.3) is 10.9 Å². The number of aromatic nitrogens is 1. The van der Waals surface area contributed by atoms with E-state index in [-0.39, 0.29) is 0 Å². The molecule has 0 aliphatic rings. The number of hydrogen-bond donors (Lipinski definition) is 2. The van der Waals surface area contributed by atoms with Crippen LogP contribution in [-0.2, 0) is 6.42 Å². The van der Waals surface area contributed by atoms with Crippen molar-refractivity contribution < 1.29 is 0 Å². The monoisotopic (exact) mass is 283 g/mol. The van der Waals surface area contributed by atoms with Gasteiger partial charge in [0, 0.05) is 17.1 Å². The summed E-state index contributed by atoms with van der Waals surface area (Å²) in [6.07, 6.45) is 1.00. The van der Waals surface area contributed by atoms with E-state index in [1.54, 1.807) is 11.3 Å². The topological polar surface area (TPSA) is 50.9 Å². The number of hydrogen-bond acceptors (Lipinski definition) is 4. The maximum atomic E-state index is 5.78. The van der Waals surface area contributed by atoms with Crippen LogP contribution in [0.5, 0.6) is 0 Å². The maximum Gasteiger partial charge on any atom is 0.126 e. The van der Waals surface area contributed by atoms with Crippen LogP contribution in [0, 0.1) is 0 Å². The third kappa shape index (κ3) is 2.91. The molecule has 1 aromatic carbocycles. The maximum absolute atomic E-state index is 5.78. The quantitative estimate of drug-likeness (QED) is 0.713. The lowest BCUT2D eigenvalue weighted by Gasteiger charge is -2.14. The van der Waals surface area contributed by atoms with E-state index in [1.165, 1.54) is 5.56 Å². The van der Waals surface area contributed by atoms with Crippen molar-refractivity contribution in [2.24, 2.45) is 0 Å². The molecule has 2 heterocycles. The van der Waals surface area contributed by atoms with E-state index in [0.29, 0.717) is 6.04 Å². The smallest absolute Gasteiger partial charge is 0.126 e. The van der Waals surface area contributed by atoms with E-state index in [1.807, 2.05) is 24.3 Å². The van der Waals surface area contributed by atoms with Gasteiger partial charge in [0.1, 0.15) is 5.82 Å². The highest BCUT2D eigenvalue weighted by Crippen LogP contribution is 2.19. The average Bonchev–Trinajstić information content (AvgIpc) is 2.91. The van der Waals surface area contributed by atoms with Crippen molar-refractivity contribution in [2.75, 3.05) is 11.1 Å². The molecule has 3 aromatic rings. The summed E-state index contributed by atoms with van der Waals surface area (Å²) >= 11 is 1.74. The van der Waals surface area contributed by atoms with Gasteiger partial charge in [-0.1, -0.05) is 0 Å². The molecule has 1 unspecified atom stereocenters. The average molecular weight is 283 g/mol. The molecule has 0 aliphatic heterocycles. The Morgan fingerprint density at radius 1 is 1.25 bits per heavy atom. The number of anilines is 2. The molecule has 0 saturated carbocycles. The number of rotatable bonds is 4. The van der Waals surface area contributed by atoms with Crippen molar-refractivity contribution in [1.29, 1.82) is 0 Å². The predicted octanol–water partition coefficient (Wildman–Crippen LogP) is 3.92. The minimum Gasteiger partial charge on any atom is -0.399 e. The van der Waals surface area contributed by atoms with Gasteiger partial charge in [-0.25, -0.2) is 4.98 Å². The van der Waals surface area contributed by atoms with Gasteiger partial charge in [-0.05, 0) is 66.1 Å². The Balaban J connectivity index is 1.75. The van der Waals surface area contributed by atoms with Gasteiger partial charge in [-0.15, -0.1) is 0 Å². The van der Waals surface area contributed by atoms with Gasteiger partial charge in [0.15, 0.2) is 0 Å². The van der Waals surface area contributed by atoms with E-state index < -0.39 is 0 Å².